The SMILES string of the molecule is CCOC(=O)C1=C(C)N=c2s/c(=C/c3ccc(OCc4ccccc4Cl)c(OCC)c3)c(=O)n2[C@H]1c1ccc(OC)c2ccccc12. The minimum absolute atomic E-state index is 0.191. The van der Waals surface area contributed by atoms with E-state index in [0.717, 1.165) is 27.5 Å². The first kappa shape index (κ1) is 32.1. The first-order valence-corrected chi connectivity index (χ1v) is 16.4. The number of esters is 1. The number of carbonyl (C=O) groups is 1. The van der Waals surface area contributed by atoms with Gasteiger partial charge in [-0.15, -0.1) is 0 Å². The second-order valence-corrected chi connectivity index (χ2v) is 12.1. The molecule has 2 heterocycles. The van der Waals surface area contributed by atoms with Crippen molar-refractivity contribution in [2.24, 2.45) is 4.99 Å². The summed E-state index contributed by atoms with van der Waals surface area (Å²) in [5, 5.41) is 2.35. The van der Waals surface area contributed by atoms with Crippen LogP contribution in [0.1, 0.15) is 43.5 Å². The second kappa shape index (κ2) is 13.9. The van der Waals surface area contributed by atoms with Crippen molar-refractivity contribution in [2.45, 2.75) is 33.4 Å². The average Bonchev–Trinajstić information content (AvgIpc) is 3.37. The Morgan fingerprint density at radius 2 is 1.68 bits per heavy atom. The molecule has 0 fully saturated rings. The monoisotopic (exact) mass is 668 g/mol. The number of hydrogen-bond donors (Lipinski definition) is 0. The van der Waals surface area contributed by atoms with E-state index in [-0.39, 0.29) is 18.8 Å². The number of methoxy groups -OCH3 is 1. The molecule has 0 aliphatic carbocycles. The van der Waals surface area contributed by atoms with Gasteiger partial charge < -0.3 is 18.9 Å². The van der Waals surface area contributed by atoms with Crippen molar-refractivity contribution in [3.63, 3.8) is 0 Å². The molecule has 0 saturated carbocycles. The van der Waals surface area contributed by atoms with Crippen molar-refractivity contribution in [3.8, 4) is 17.2 Å². The zero-order valence-corrected chi connectivity index (χ0v) is 28.0. The van der Waals surface area contributed by atoms with Crippen LogP contribution >= 0.6 is 22.9 Å². The predicted molar refractivity (Wildman–Crippen MR) is 184 cm³/mol. The Kier molecular flexibility index (Phi) is 9.47. The molecule has 8 nitrogen and oxygen atoms in total. The summed E-state index contributed by atoms with van der Waals surface area (Å²) in [4.78, 5) is 32.9. The summed E-state index contributed by atoms with van der Waals surface area (Å²) >= 11 is 7.58. The third-order valence-electron chi connectivity index (χ3n) is 7.86. The highest BCUT2D eigenvalue weighted by Gasteiger charge is 2.34. The van der Waals surface area contributed by atoms with Crippen molar-refractivity contribution >= 4 is 45.8 Å². The molecule has 1 aliphatic rings. The standard InChI is InChI=1S/C37H33ClN2O6S/c1-5-44-31-19-23(15-17-30(31)46-21-24-11-7-10-14-28(24)38)20-32-35(41)40-34(33(36(42)45-6-2)22(3)39-37(40)47-32)27-16-18-29(43-4)26-13-9-8-12-25(26)27/h7-20,34H,5-6,21H2,1-4H3/b32-20+/t34-/m0/s1. The Labute approximate surface area is 280 Å². The number of allylic oxidation sites excluding steroid dienone is 1. The lowest BCUT2D eigenvalue weighted by molar-refractivity contribution is -0.139. The molecule has 0 bridgehead atoms. The molecule has 47 heavy (non-hydrogen) atoms. The Bertz CT molecular complexity index is 2200. The van der Waals surface area contributed by atoms with E-state index < -0.39 is 12.0 Å². The minimum Gasteiger partial charge on any atom is -0.496 e. The largest absolute Gasteiger partial charge is 0.496 e. The molecule has 0 spiro atoms. The van der Waals surface area contributed by atoms with Crippen LogP contribution in [-0.2, 0) is 16.1 Å². The predicted octanol–water partition coefficient (Wildman–Crippen LogP) is 6.59. The maximum absolute atomic E-state index is 14.3. The summed E-state index contributed by atoms with van der Waals surface area (Å²) in [7, 11) is 1.62. The molecular weight excluding hydrogens is 636 g/mol. The number of hydrogen-bond acceptors (Lipinski definition) is 8. The van der Waals surface area contributed by atoms with Gasteiger partial charge in [0.25, 0.3) is 5.56 Å². The minimum atomic E-state index is -0.761. The Balaban J connectivity index is 1.46. The number of fused-ring (bicyclic) bond motifs is 2. The van der Waals surface area contributed by atoms with Crippen LogP contribution in [0.2, 0.25) is 5.02 Å². The fraction of sp³-hybridized carbons (Fsp3) is 0.216. The molecule has 10 heteroatoms. The summed E-state index contributed by atoms with van der Waals surface area (Å²) in [6.45, 7) is 6.33. The van der Waals surface area contributed by atoms with E-state index in [4.69, 9.17) is 35.5 Å². The topological polar surface area (TPSA) is 88.4 Å². The molecule has 240 valence electrons. The third kappa shape index (κ3) is 6.28. The smallest absolute Gasteiger partial charge is 0.338 e. The maximum atomic E-state index is 14.3. The highest BCUT2D eigenvalue weighted by molar-refractivity contribution is 7.07. The van der Waals surface area contributed by atoms with Crippen LogP contribution in [0.3, 0.4) is 0 Å². The Morgan fingerprint density at radius 3 is 2.43 bits per heavy atom. The van der Waals surface area contributed by atoms with Crippen LogP contribution in [0.4, 0.5) is 0 Å². The molecule has 1 atom stereocenters. The van der Waals surface area contributed by atoms with Gasteiger partial charge in [-0.3, -0.25) is 9.36 Å². The van der Waals surface area contributed by atoms with Gasteiger partial charge in [0, 0.05) is 16.0 Å². The van der Waals surface area contributed by atoms with E-state index in [9.17, 15) is 9.59 Å². The van der Waals surface area contributed by atoms with Gasteiger partial charge in [0.05, 0.1) is 42.2 Å². The lowest BCUT2D eigenvalue weighted by Gasteiger charge is -2.26. The van der Waals surface area contributed by atoms with E-state index >= 15 is 0 Å². The molecular formula is C37H33ClN2O6S. The zero-order valence-electron chi connectivity index (χ0n) is 26.4. The summed E-state index contributed by atoms with van der Waals surface area (Å²) in [5.41, 5.74) is 2.92. The van der Waals surface area contributed by atoms with E-state index in [0.29, 0.717) is 49.5 Å². The molecule has 0 amide bonds. The van der Waals surface area contributed by atoms with Gasteiger partial charge in [-0.2, -0.15) is 0 Å². The molecule has 1 aromatic heterocycles. The number of halogens is 1. The quantitative estimate of drug-likeness (QED) is 0.156. The van der Waals surface area contributed by atoms with Crippen LogP contribution in [0, 0.1) is 0 Å². The number of thiazole rings is 1. The van der Waals surface area contributed by atoms with Crippen LogP contribution in [0.15, 0.2) is 99.9 Å². The molecule has 0 N–H and O–H groups in total. The lowest BCUT2D eigenvalue weighted by Crippen LogP contribution is -2.40. The van der Waals surface area contributed by atoms with Crippen LogP contribution in [0.25, 0.3) is 16.8 Å². The molecule has 0 unspecified atom stereocenters. The van der Waals surface area contributed by atoms with Crippen LogP contribution < -0.4 is 29.1 Å². The van der Waals surface area contributed by atoms with Crippen molar-refractivity contribution in [3.05, 3.63) is 132 Å². The fourth-order valence-corrected chi connectivity index (χ4v) is 6.96. The first-order valence-electron chi connectivity index (χ1n) is 15.2. The maximum Gasteiger partial charge on any atom is 0.338 e. The summed E-state index contributed by atoms with van der Waals surface area (Å²) < 4.78 is 25.1. The molecule has 5 aromatic rings. The zero-order chi connectivity index (χ0) is 33.1. The summed E-state index contributed by atoms with van der Waals surface area (Å²) in [6.07, 6.45) is 1.80. The summed E-state index contributed by atoms with van der Waals surface area (Å²) in [6, 6.07) is 23.8. The van der Waals surface area contributed by atoms with Gasteiger partial charge in [-0.05, 0) is 67.6 Å². The number of aromatic nitrogens is 1. The highest BCUT2D eigenvalue weighted by Crippen LogP contribution is 2.38. The second-order valence-electron chi connectivity index (χ2n) is 10.7. The number of nitrogens with zero attached hydrogens (tertiary/aromatic N) is 2. The number of ether oxygens (including phenoxy) is 4. The fourth-order valence-electron chi connectivity index (χ4n) is 5.72. The lowest BCUT2D eigenvalue weighted by atomic mass is 9.91. The van der Waals surface area contributed by atoms with E-state index in [1.165, 1.54) is 11.3 Å². The first-order chi connectivity index (χ1) is 22.8. The molecule has 4 aromatic carbocycles. The molecule has 1 aliphatic heterocycles. The molecule has 0 radical (unpaired) electrons. The number of rotatable bonds is 10. The van der Waals surface area contributed by atoms with Gasteiger partial charge in [-0.25, -0.2) is 9.79 Å². The van der Waals surface area contributed by atoms with Gasteiger partial charge in [0.2, 0.25) is 0 Å². The normalized spacial score (nSPS) is 14.5. The Morgan fingerprint density at radius 1 is 0.936 bits per heavy atom. The average molecular weight is 669 g/mol. The molecule has 0 saturated heterocycles. The highest BCUT2D eigenvalue weighted by atomic mass is 35.5. The van der Waals surface area contributed by atoms with Crippen molar-refractivity contribution in [1.29, 1.82) is 0 Å². The van der Waals surface area contributed by atoms with Gasteiger partial charge in [0.1, 0.15) is 12.4 Å². The number of benzene rings is 4. The van der Waals surface area contributed by atoms with Crippen molar-refractivity contribution in [1.82, 2.24) is 4.57 Å². The van der Waals surface area contributed by atoms with Crippen molar-refractivity contribution < 1.29 is 23.7 Å². The van der Waals surface area contributed by atoms with Gasteiger partial charge in [-0.1, -0.05) is 77.5 Å². The van der Waals surface area contributed by atoms with Gasteiger partial charge in [0.15, 0.2) is 16.3 Å². The number of carbonyl (C=O) groups excluding carboxylic acids is 1. The van der Waals surface area contributed by atoms with E-state index in [1.54, 1.807) is 31.6 Å². The van der Waals surface area contributed by atoms with E-state index in [2.05, 4.69) is 0 Å². The van der Waals surface area contributed by atoms with Crippen LogP contribution in [0.5, 0.6) is 17.2 Å². The third-order valence-corrected chi connectivity index (χ3v) is 9.21. The van der Waals surface area contributed by atoms with E-state index in [1.807, 2.05) is 85.8 Å². The molecule has 6 rings (SSSR count). The Hall–Kier alpha value is -4.86. The van der Waals surface area contributed by atoms with Crippen LogP contribution in [-0.4, -0.2) is 30.9 Å². The van der Waals surface area contributed by atoms with Crippen molar-refractivity contribution in [2.75, 3.05) is 20.3 Å². The van der Waals surface area contributed by atoms with Gasteiger partial charge >= 0.3 is 5.97 Å². The summed E-state index contributed by atoms with van der Waals surface area (Å²) in [5.74, 6) is 1.29.